The van der Waals surface area contributed by atoms with Crippen LogP contribution in [0.1, 0.15) is 15.9 Å². The van der Waals surface area contributed by atoms with Crippen molar-refractivity contribution in [2.45, 2.75) is 0 Å². The van der Waals surface area contributed by atoms with Gasteiger partial charge >= 0.3 is 5.97 Å². The Morgan fingerprint density at radius 1 is 1.09 bits per heavy atom. The second-order valence-corrected chi connectivity index (χ2v) is 4.32. The fourth-order valence-electron chi connectivity index (χ4n) is 1.59. The van der Waals surface area contributed by atoms with Crippen LogP contribution in [0.15, 0.2) is 59.7 Å². The van der Waals surface area contributed by atoms with Gasteiger partial charge < -0.3 is 9.84 Å². The minimum Gasteiger partial charge on any atom is -0.484 e. The first-order chi connectivity index (χ1) is 10.6. The number of benzene rings is 2. The Morgan fingerprint density at radius 2 is 1.77 bits per heavy atom. The molecule has 0 aliphatic heterocycles. The number of amides is 1. The topological polar surface area (TPSA) is 88.0 Å². The van der Waals surface area contributed by atoms with Crippen molar-refractivity contribution in [1.29, 1.82) is 0 Å². The molecule has 0 bridgehead atoms. The zero-order valence-electron chi connectivity index (χ0n) is 11.6. The molecule has 2 N–H and O–H groups in total. The molecule has 1 amide bonds. The molecular weight excluding hydrogens is 284 g/mol. The zero-order valence-corrected chi connectivity index (χ0v) is 11.6. The van der Waals surface area contributed by atoms with Crippen LogP contribution < -0.4 is 10.2 Å². The number of nitrogens with zero attached hydrogens (tertiary/aromatic N) is 1. The monoisotopic (exact) mass is 298 g/mol. The Kier molecular flexibility index (Phi) is 5.25. The number of carboxylic acids is 1. The lowest BCUT2D eigenvalue weighted by Gasteiger charge is -2.04. The van der Waals surface area contributed by atoms with Crippen molar-refractivity contribution in [1.82, 2.24) is 5.43 Å². The van der Waals surface area contributed by atoms with Crippen LogP contribution in [0.3, 0.4) is 0 Å². The van der Waals surface area contributed by atoms with Crippen molar-refractivity contribution < 1.29 is 19.4 Å². The van der Waals surface area contributed by atoms with Crippen LogP contribution in [0, 0.1) is 0 Å². The van der Waals surface area contributed by atoms with Crippen molar-refractivity contribution in [2.75, 3.05) is 6.61 Å². The molecule has 2 aromatic rings. The van der Waals surface area contributed by atoms with Crippen molar-refractivity contribution in [2.24, 2.45) is 5.10 Å². The Hall–Kier alpha value is -3.15. The van der Waals surface area contributed by atoms with Gasteiger partial charge in [-0.3, -0.25) is 4.79 Å². The summed E-state index contributed by atoms with van der Waals surface area (Å²) in [6.07, 6.45) is 1.42. The maximum Gasteiger partial charge on any atom is 0.335 e. The molecule has 0 unspecified atom stereocenters. The summed E-state index contributed by atoms with van der Waals surface area (Å²) in [5, 5.41) is 12.5. The Labute approximate surface area is 127 Å². The molecule has 0 heterocycles. The number of aromatic carboxylic acids is 1. The van der Waals surface area contributed by atoms with E-state index in [1.54, 1.807) is 24.3 Å². The summed E-state index contributed by atoms with van der Waals surface area (Å²) in [5.74, 6) is -0.775. The van der Waals surface area contributed by atoms with Crippen LogP contribution in [-0.2, 0) is 4.79 Å². The van der Waals surface area contributed by atoms with Crippen molar-refractivity contribution >= 4 is 18.1 Å². The lowest BCUT2D eigenvalue weighted by atomic mass is 10.1. The number of carbonyl (C=O) groups is 2. The number of ether oxygens (including phenoxy) is 1. The predicted molar refractivity (Wildman–Crippen MR) is 81.1 cm³/mol. The van der Waals surface area contributed by atoms with Crippen LogP contribution >= 0.6 is 0 Å². The summed E-state index contributed by atoms with van der Waals surface area (Å²) >= 11 is 0. The van der Waals surface area contributed by atoms with Crippen molar-refractivity contribution in [3.63, 3.8) is 0 Å². The zero-order chi connectivity index (χ0) is 15.8. The second-order valence-electron chi connectivity index (χ2n) is 4.32. The fourth-order valence-corrected chi connectivity index (χ4v) is 1.59. The summed E-state index contributed by atoms with van der Waals surface area (Å²) in [6, 6.07) is 15.1. The van der Waals surface area contributed by atoms with Gasteiger partial charge in [0.2, 0.25) is 0 Å². The van der Waals surface area contributed by atoms with Gasteiger partial charge in [-0.05, 0) is 29.8 Å². The van der Waals surface area contributed by atoms with Gasteiger partial charge in [-0.25, -0.2) is 10.2 Å². The first kappa shape index (κ1) is 15.2. The van der Waals surface area contributed by atoms with Crippen LogP contribution in [0.4, 0.5) is 0 Å². The van der Waals surface area contributed by atoms with E-state index in [2.05, 4.69) is 10.5 Å². The highest BCUT2D eigenvalue weighted by atomic mass is 16.5. The van der Waals surface area contributed by atoms with E-state index in [0.29, 0.717) is 11.3 Å². The molecule has 0 aromatic heterocycles. The molecule has 0 saturated heterocycles. The van der Waals surface area contributed by atoms with E-state index in [4.69, 9.17) is 9.84 Å². The maximum atomic E-state index is 11.5. The van der Waals surface area contributed by atoms with Crippen molar-refractivity contribution in [3.05, 3.63) is 65.7 Å². The van der Waals surface area contributed by atoms with E-state index >= 15 is 0 Å². The van der Waals surface area contributed by atoms with E-state index in [0.717, 1.165) is 0 Å². The molecule has 112 valence electrons. The van der Waals surface area contributed by atoms with Gasteiger partial charge in [-0.15, -0.1) is 0 Å². The van der Waals surface area contributed by atoms with Gasteiger partial charge in [-0.1, -0.05) is 30.3 Å². The van der Waals surface area contributed by atoms with Crippen LogP contribution in [0.2, 0.25) is 0 Å². The second kappa shape index (κ2) is 7.58. The van der Waals surface area contributed by atoms with Gasteiger partial charge in [0.05, 0.1) is 11.8 Å². The Balaban J connectivity index is 1.79. The molecule has 0 aliphatic rings. The lowest BCUT2D eigenvalue weighted by Crippen LogP contribution is -2.24. The first-order valence-corrected chi connectivity index (χ1v) is 6.48. The number of hydrazone groups is 1. The Morgan fingerprint density at radius 3 is 2.41 bits per heavy atom. The molecule has 0 aliphatic carbocycles. The van der Waals surface area contributed by atoms with Gasteiger partial charge in [0, 0.05) is 0 Å². The molecule has 0 radical (unpaired) electrons. The van der Waals surface area contributed by atoms with Crippen molar-refractivity contribution in [3.8, 4) is 5.75 Å². The third-order valence-electron chi connectivity index (χ3n) is 2.67. The highest BCUT2D eigenvalue weighted by Crippen LogP contribution is 2.07. The molecule has 2 rings (SSSR count). The maximum absolute atomic E-state index is 11.5. The highest BCUT2D eigenvalue weighted by molar-refractivity contribution is 5.89. The number of rotatable bonds is 6. The largest absolute Gasteiger partial charge is 0.484 e. The van der Waals surface area contributed by atoms with Crippen LogP contribution in [-0.4, -0.2) is 29.8 Å². The van der Waals surface area contributed by atoms with Gasteiger partial charge in [0.1, 0.15) is 5.75 Å². The van der Waals surface area contributed by atoms with E-state index in [9.17, 15) is 9.59 Å². The lowest BCUT2D eigenvalue weighted by molar-refractivity contribution is -0.123. The van der Waals surface area contributed by atoms with Crippen LogP contribution in [0.25, 0.3) is 0 Å². The molecule has 0 spiro atoms. The average molecular weight is 298 g/mol. The molecular formula is C16H14N2O4. The minimum atomic E-state index is -0.991. The SMILES string of the molecule is O=C(COc1ccccc1)N/N=C/c1ccc(C(=O)O)cc1. The molecule has 6 nitrogen and oxygen atoms in total. The van der Waals surface area contributed by atoms with Crippen LogP contribution in [0.5, 0.6) is 5.75 Å². The summed E-state index contributed by atoms with van der Waals surface area (Å²) in [6.45, 7) is -0.140. The first-order valence-electron chi connectivity index (χ1n) is 6.48. The van der Waals surface area contributed by atoms with E-state index < -0.39 is 5.97 Å². The molecule has 2 aromatic carbocycles. The highest BCUT2D eigenvalue weighted by Gasteiger charge is 2.02. The summed E-state index contributed by atoms with van der Waals surface area (Å²) < 4.78 is 5.26. The summed E-state index contributed by atoms with van der Waals surface area (Å²) in [7, 11) is 0. The normalized spacial score (nSPS) is 10.4. The third kappa shape index (κ3) is 4.75. The average Bonchev–Trinajstić information content (AvgIpc) is 2.54. The third-order valence-corrected chi connectivity index (χ3v) is 2.67. The van der Waals surface area contributed by atoms with E-state index in [-0.39, 0.29) is 18.1 Å². The number of hydrogen-bond acceptors (Lipinski definition) is 4. The number of para-hydroxylation sites is 1. The predicted octanol–water partition coefficient (Wildman–Crippen LogP) is 1.91. The molecule has 0 atom stereocenters. The molecule has 22 heavy (non-hydrogen) atoms. The van der Waals surface area contributed by atoms with E-state index in [1.165, 1.54) is 18.3 Å². The summed E-state index contributed by atoms with van der Waals surface area (Å²) in [4.78, 5) is 22.2. The van der Waals surface area contributed by atoms with Gasteiger partial charge in [0.15, 0.2) is 6.61 Å². The number of hydrogen-bond donors (Lipinski definition) is 2. The van der Waals surface area contributed by atoms with Gasteiger partial charge in [0.25, 0.3) is 5.91 Å². The molecule has 0 fully saturated rings. The molecule has 6 heteroatoms. The minimum absolute atomic E-state index is 0.140. The Bertz CT molecular complexity index is 666. The smallest absolute Gasteiger partial charge is 0.335 e. The van der Waals surface area contributed by atoms with E-state index in [1.807, 2.05) is 18.2 Å². The number of carbonyl (C=O) groups excluding carboxylic acids is 1. The fraction of sp³-hybridized carbons (Fsp3) is 0.0625. The number of nitrogens with one attached hydrogen (secondary N) is 1. The number of carboxylic acid groups (broad SMARTS) is 1. The summed E-state index contributed by atoms with van der Waals surface area (Å²) in [5.41, 5.74) is 3.20. The quantitative estimate of drug-likeness (QED) is 0.630. The van der Waals surface area contributed by atoms with Gasteiger partial charge in [-0.2, -0.15) is 5.10 Å². The molecule has 0 saturated carbocycles. The standard InChI is InChI=1S/C16H14N2O4/c19-15(11-22-14-4-2-1-3-5-14)18-17-10-12-6-8-13(9-7-12)16(20)21/h1-10H,11H2,(H,18,19)(H,20,21)/b17-10+.